The van der Waals surface area contributed by atoms with Gasteiger partial charge in [-0.2, -0.15) is 34.0 Å². The molecule has 0 atom stereocenters. The predicted molar refractivity (Wildman–Crippen MR) is 216 cm³/mol. The predicted octanol–water partition coefficient (Wildman–Crippen LogP) is 5.21. The number of nitrogens with zero attached hydrogens (tertiary/aromatic N) is 6. The molecule has 7 rings (SSSR count). The molecule has 0 amide bonds. The number of rotatable bonds is 11. The van der Waals surface area contributed by atoms with E-state index in [1.54, 1.807) is 56.3 Å². The van der Waals surface area contributed by atoms with Gasteiger partial charge in [-0.3, -0.25) is 4.55 Å². The Morgan fingerprint density at radius 3 is 1.70 bits per heavy atom. The van der Waals surface area contributed by atoms with E-state index in [-0.39, 0.29) is 75.8 Å². The minimum absolute atomic E-state index is 0. The molecule has 7 aromatic carbocycles. The standard InChI is InChI=1S/C43H33N7O7S.2Na/c1-25-21-38(49-50-41-40(58(55,56)57)22-29-12-17-33(23-35(29)42(41)52)44-30-6-4-3-5-7-30)26(2)20-37(25)48-46-32-15-10-28(11-16-32)27-8-13-31(14-9-27)45-47-34-18-19-39(51)36(24-34)43(53)54;;/h3-24,44,51-52H,1-2H3,(H,53,54)(H,55,56,57);;/q;2*+1/p-2. The van der Waals surface area contributed by atoms with Crippen molar-refractivity contribution >= 4 is 72.4 Å². The molecule has 3 N–H and O–H groups in total. The van der Waals surface area contributed by atoms with Gasteiger partial charge in [-0.15, -0.1) is 5.11 Å². The number of fused-ring (bicyclic) bond motifs is 1. The average molecular weight is 836 g/mol. The Kier molecular flexibility index (Phi) is 14.9. The van der Waals surface area contributed by atoms with Crippen LogP contribution in [-0.4, -0.2) is 24.0 Å². The maximum absolute atomic E-state index is 13.7. The van der Waals surface area contributed by atoms with E-state index < -0.39 is 38.2 Å². The molecular weight excluding hydrogens is 805 g/mol. The van der Waals surface area contributed by atoms with E-state index in [1.807, 2.05) is 66.7 Å². The zero-order chi connectivity index (χ0) is 41.0. The molecule has 0 saturated carbocycles. The molecule has 0 aliphatic carbocycles. The third kappa shape index (κ3) is 10.8. The number of hydrogen-bond acceptors (Lipinski definition) is 12. The number of carboxylic acid groups (broad SMARTS) is 1. The van der Waals surface area contributed by atoms with Gasteiger partial charge in [0.1, 0.15) is 4.90 Å². The first-order chi connectivity index (χ1) is 27.8. The Morgan fingerprint density at radius 2 is 1.13 bits per heavy atom. The van der Waals surface area contributed by atoms with Crippen LogP contribution in [0.4, 0.5) is 45.5 Å². The molecule has 7 aromatic rings. The molecule has 0 bridgehead atoms. The summed E-state index contributed by atoms with van der Waals surface area (Å²) in [5.74, 6) is -2.64. The molecule has 0 aliphatic rings. The van der Waals surface area contributed by atoms with Crippen molar-refractivity contribution in [1.29, 1.82) is 0 Å². The molecule has 0 fully saturated rings. The Hall–Kier alpha value is -5.62. The first-order valence-electron chi connectivity index (χ1n) is 17.5. The molecule has 288 valence electrons. The van der Waals surface area contributed by atoms with Crippen LogP contribution in [0.2, 0.25) is 0 Å². The molecule has 14 nitrogen and oxygen atoms in total. The monoisotopic (exact) mass is 835 g/mol. The van der Waals surface area contributed by atoms with Gasteiger partial charge in [0.15, 0.2) is 0 Å². The summed E-state index contributed by atoms with van der Waals surface area (Å²) in [5, 5.41) is 63.5. The van der Waals surface area contributed by atoms with Crippen LogP contribution in [-0.2, 0) is 10.1 Å². The van der Waals surface area contributed by atoms with Crippen LogP contribution in [0, 0.1) is 13.8 Å². The maximum Gasteiger partial charge on any atom is 1.00 e. The van der Waals surface area contributed by atoms with Gasteiger partial charge in [-0.25, -0.2) is 4.79 Å². The van der Waals surface area contributed by atoms with Crippen LogP contribution < -0.4 is 74.6 Å². The van der Waals surface area contributed by atoms with E-state index in [9.17, 15) is 28.0 Å². The normalized spacial score (nSPS) is 11.5. The summed E-state index contributed by atoms with van der Waals surface area (Å²) in [6.07, 6.45) is 0. The van der Waals surface area contributed by atoms with E-state index in [4.69, 9.17) is 5.11 Å². The van der Waals surface area contributed by atoms with Crippen LogP contribution in [0.3, 0.4) is 0 Å². The van der Waals surface area contributed by atoms with Crippen molar-refractivity contribution < 1.29 is 92.2 Å². The van der Waals surface area contributed by atoms with Gasteiger partial charge >= 0.3 is 65.1 Å². The van der Waals surface area contributed by atoms with E-state index >= 15 is 0 Å². The third-order valence-corrected chi connectivity index (χ3v) is 9.83. The smallest absolute Gasteiger partial charge is 0.872 e. The molecule has 17 heteroatoms. The van der Waals surface area contributed by atoms with Gasteiger partial charge in [0.05, 0.1) is 39.7 Å². The number of benzene rings is 7. The first kappa shape index (κ1) is 45.5. The molecule has 0 saturated heterocycles. The Morgan fingerprint density at radius 1 is 0.600 bits per heavy atom. The van der Waals surface area contributed by atoms with Crippen LogP contribution in [0.5, 0.6) is 11.5 Å². The quantitative estimate of drug-likeness (QED) is 0.0889. The van der Waals surface area contributed by atoms with Gasteiger partial charge < -0.3 is 20.6 Å². The SMILES string of the molecule is Cc1cc(N=Nc2c(S(=O)(=O)O)cc3ccc(Nc4ccccc4)cc3c2[O-])c(C)cc1N=Nc1ccc(-c2ccc(N=Nc3ccc([O-])c(C(=O)O)c3)cc2)cc1.[Na+].[Na+]. The third-order valence-electron chi connectivity index (χ3n) is 8.96. The van der Waals surface area contributed by atoms with Crippen molar-refractivity contribution in [1.82, 2.24) is 0 Å². The van der Waals surface area contributed by atoms with Crippen LogP contribution in [0.25, 0.3) is 21.9 Å². The zero-order valence-electron chi connectivity index (χ0n) is 32.7. The summed E-state index contributed by atoms with van der Waals surface area (Å²) >= 11 is 0. The van der Waals surface area contributed by atoms with Crippen molar-refractivity contribution in [3.05, 3.63) is 150 Å². The molecule has 0 spiro atoms. The largest absolute Gasteiger partial charge is 1.00 e. The number of anilines is 2. The summed E-state index contributed by atoms with van der Waals surface area (Å²) in [6, 6.07) is 37.2. The average Bonchev–Trinajstić information content (AvgIpc) is 3.21. The Bertz CT molecular complexity index is 2910. The van der Waals surface area contributed by atoms with Gasteiger partial charge in [0.2, 0.25) is 0 Å². The van der Waals surface area contributed by atoms with Crippen molar-refractivity contribution in [2.75, 3.05) is 5.32 Å². The number of aryl methyl sites for hydroxylation is 2. The van der Waals surface area contributed by atoms with Crippen molar-refractivity contribution in [3.8, 4) is 22.6 Å². The maximum atomic E-state index is 13.7. The van der Waals surface area contributed by atoms with Crippen LogP contribution in [0.1, 0.15) is 21.5 Å². The number of para-hydroxylation sites is 1. The second kappa shape index (κ2) is 19.6. The molecular formula is C43H31N7Na2O7S. The van der Waals surface area contributed by atoms with Gasteiger partial charge in [-0.1, -0.05) is 66.1 Å². The fraction of sp³-hybridized carbons (Fsp3) is 0.0465. The fourth-order valence-corrected chi connectivity index (χ4v) is 6.56. The molecule has 0 aliphatic heterocycles. The molecule has 0 aromatic heterocycles. The fourth-order valence-electron chi connectivity index (χ4n) is 5.91. The minimum atomic E-state index is -4.83. The van der Waals surface area contributed by atoms with Crippen LogP contribution in [0.15, 0.2) is 169 Å². The second-order valence-corrected chi connectivity index (χ2v) is 14.4. The summed E-state index contributed by atoms with van der Waals surface area (Å²) in [7, 11) is -4.83. The Labute approximate surface area is 388 Å². The minimum Gasteiger partial charge on any atom is -0.872 e. The molecule has 0 radical (unpaired) electrons. The summed E-state index contributed by atoms with van der Waals surface area (Å²) in [6.45, 7) is 3.56. The summed E-state index contributed by atoms with van der Waals surface area (Å²) in [5.41, 5.74) is 5.94. The Balaban J connectivity index is 0.00000341. The van der Waals surface area contributed by atoms with E-state index in [0.29, 0.717) is 45.0 Å². The van der Waals surface area contributed by atoms with Crippen molar-refractivity contribution in [2.24, 2.45) is 30.7 Å². The van der Waals surface area contributed by atoms with Gasteiger partial charge in [-0.05, 0) is 126 Å². The zero-order valence-corrected chi connectivity index (χ0v) is 37.5. The van der Waals surface area contributed by atoms with Crippen LogP contribution >= 0.6 is 0 Å². The second-order valence-electron chi connectivity index (χ2n) is 13.1. The molecule has 60 heavy (non-hydrogen) atoms. The van der Waals surface area contributed by atoms with E-state index in [1.165, 1.54) is 18.2 Å². The molecule has 0 unspecified atom stereocenters. The number of nitrogens with one attached hydrogen (secondary N) is 1. The number of aromatic carboxylic acids is 1. The number of carbonyl (C=O) groups is 1. The first-order valence-corrected chi connectivity index (χ1v) is 18.9. The van der Waals surface area contributed by atoms with E-state index in [2.05, 4.69) is 36.0 Å². The topological polar surface area (TPSA) is 224 Å². The van der Waals surface area contributed by atoms with Gasteiger partial charge in [0, 0.05) is 11.4 Å². The number of carboxylic acids is 1. The summed E-state index contributed by atoms with van der Waals surface area (Å²) in [4.78, 5) is 10.6. The number of azo groups is 3. The molecule has 0 heterocycles. The van der Waals surface area contributed by atoms with Crippen molar-refractivity contribution in [3.63, 3.8) is 0 Å². The van der Waals surface area contributed by atoms with E-state index in [0.717, 1.165) is 22.9 Å². The van der Waals surface area contributed by atoms with Crippen molar-refractivity contribution in [2.45, 2.75) is 18.7 Å². The summed E-state index contributed by atoms with van der Waals surface area (Å²) < 4.78 is 34.8. The number of hydrogen-bond donors (Lipinski definition) is 3. The van der Waals surface area contributed by atoms with Gasteiger partial charge in [0.25, 0.3) is 10.1 Å².